The van der Waals surface area contributed by atoms with E-state index in [2.05, 4.69) is 31.2 Å². The summed E-state index contributed by atoms with van der Waals surface area (Å²) in [4.78, 5) is 23.5. The molecule has 0 saturated carbocycles. The zero-order chi connectivity index (χ0) is 21.8. The van der Waals surface area contributed by atoms with E-state index in [0.29, 0.717) is 0 Å². The van der Waals surface area contributed by atoms with Gasteiger partial charge in [-0.05, 0) is 54.8 Å². The van der Waals surface area contributed by atoms with Crippen LogP contribution in [0.3, 0.4) is 0 Å². The Morgan fingerprint density at radius 2 is 1.78 bits per heavy atom. The van der Waals surface area contributed by atoms with E-state index < -0.39 is 0 Å². The van der Waals surface area contributed by atoms with Crippen molar-refractivity contribution in [1.29, 1.82) is 0 Å². The minimum Gasteiger partial charge on any atom is -0.369 e. The lowest BCUT2D eigenvalue weighted by Crippen LogP contribution is -2.22. The topological polar surface area (TPSA) is 91.0 Å². The number of aromatic nitrogens is 2. The van der Waals surface area contributed by atoms with Crippen LogP contribution in [-0.4, -0.2) is 29.1 Å². The van der Waals surface area contributed by atoms with Crippen LogP contribution in [0.1, 0.15) is 16.0 Å². The summed E-state index contributed by atoms with van der Waals surface area (Å²) in [5.41, 5.74) is 4.09. The quantitative estimate of drug-likeness (QED) is 0.348. The van der Waals surface area contributed by atoms with Crippen molar-refractivity contribution in [2.75, 3.05) is 29.0 Å². The Hall–Kier alpha value is -3.49. The van der Waals surface area contributed by atoms with E-state index in [1.165, 1.54) is 21.4 Å². The summed E-state index contributed by atoms with van der Waals surface area (Å²) in [6, 6.07) is 17.0. The van der Waals surface area contributed by atoms with Crippen molar-refractivity contribution in [3.8, 4) is 0 Å². The van der Waals surface area contributed by atoms with Crippen LogP contribution < -0.4 is 21.3 Å². The van der Waals surface area contributed by atoms with Gasteiger partial charge in [0.15, 0.2) is 0 Å². The standard InChI is InChI=1S/C24H24N6OS/c31-24(29-17-4-2-1-3-5-17)30-18-8-6-16(7-9-18)10-13-26-22-21-19-11-12-25-14-20(19)32-23(21)28-15-27-22/h1-9,15,25H,10-14H2,(H,26,27,28)(H2,29,30,31). The Labute approximate surface area is 190 Å². The van der Waals surface area contributed by atoms with Crippen molar-refractivity contribution in [3.63, 3.8) is 0 Å². The number of hydrogen-bond donors (Lipinski definition) is 4. The highest BCUT2D eigenvalue weighted by atomic mass is 32.1. The number of para-hydroxylation sites is 1. The normalized spacial score (nSPS) is 12.9. The van der Waals surface area contributed by atoms with Crippen LogP contribution in [0.5, 0.6) is 0 Å². The molecule has 5 rings (SSSR count). The van der Waals surface area contributed by atoms with E-state index in [0.717, 1.165) is 54.5 Å². The molecule has 1 aliphatic heterocycles. The second-order valence-electron chi connectivity index (χ2n) is 7.65. The summed E-state index contributed by atoms with van der Waals surface area (Å²) in [7, 11) is 0. The number of benzene rings is 2. The molecule has 4 aromatic rings. The number of anilines is 3. The van der Waals surface area contributed by atoms with E-state index in [1.807, 2.05) is 54.6 Å². The van der Waals surface area contributed by atoms with E-state index in [4.69, 9.17) is 0 Å². The highest BCUT2D eigenvalue weighted by molar-refractivity contribution is 7.19. The molecule has 7 nitrogen and oxygen atoms in total. The summed E-state index contributed by atoms with van der Waals surface area (Å²) in [5.74, 6) is 0.922. The number of fused-ring (bicyclic) bond motifs is 3. The molecule has 0 saturated heterocycles. The largest absolute Gasteiger partial charge is 0.369 e. The minimum absolute atomic E-state index is 0.257. The molecular formula is C24H24N6OS. The Morgan fingerprint density at radius 3 is 2.59 bits per heavy atom. The average Bonchev–Trinajstić information content (AvgIpc) is 3.20. The third kappa shape index (κ3) is 4.56. The van der Waals surface area contributed by atoms with Crippen molar-refractivity contribution >= 4 is 44.8 Å². The van der Waals surface area contributed by atoms with Gasteiger partial charge in [-0.15, -0.1) is 11.3 Å². The lowest BCUT2D eigenvalue weighted by atomic mass is 10.1. The molecule has 4 N–H and O–H groups in total. The fourth-order valence-electron chi connectivity index (χ4n) is 3.89. The molecule has 0 unspecified atom stereocenters. The van der Waals surface area contributed by atoms with Crippen LogP contribution in [0.4, 0.5) is 22.0 Å². The Morgan fingerprint density at radius 1 is 1.00 bits per heavy atom. The van der Waals surface area contributed by atoms with Crippen LogP contribution in [0.2, 0.25) is 0 Å². The zero-order valence-corrected chi connectivity index (χ0v) is 18.3. The number of rotatable bonds is 6. The Balaban J connectivity index is 1.17. The first-order valence-corrected chi connectivity index (χ1v) is 11.5. The smallest absolute Gasteiger partial charge is 0.323 e. The number of hydrogen-bond acceptors (Lipinski definition) is 6. The number of urea groups is 1. The highest BCUT2D eigenvalue weighted by Crippen LogP contribution is 2.35. The van der Waals surface area contributed by atoms with Gasteiger partial charge >= 0.3 is 6.03 Å². The number of nitrogens with one attached hydrogen (secondary N) is 4. The van der Waals surface area contributed by atoms with Gasteiger partial charge in [-0.2, -0.15) is 0 Å². The molecule has 8 heteroatoms. The van der Waals surface area contributed by atoms with Gasteiger partial charge < -0.3 is 21.3 Å². The van der Waals surface area contributed by atoms with Gasteiger partial charge in [-0.25, -0.2) is 14.8 Å². The Bertz CT molecular complexity index is 1220. The van der Waals surface area contributed by atoms with Gasteiger partial charge in [-0.1, -0.05) is 30.3 Å². The summed E-state index contributed by atoms with van der Waals surface area (Å²) in [6.07, 6.45) is 3.51. The van der Waals surface area contributed by atoms with Gasteiger partial charge in [0.25, 0.3) is 0 Å². The third-order valence-electron chi connectivity index (χ3n) is 5.46. The van der Waals surface area contributed by atoms with Gasteiger partial charge in [0.1, 0.15) is 17.0 Å². The van der Waals surface area contributed by atoms with Crippen LogP contribution in [0, 0.1) is 0 Å². The molecule has 2 amide bonds. The lowest BCUT2D eigenvalue weighted by Gasteiger charge is -2.14. The summed E-state index contributed by atoms with van der Waals surface area (Å²) < 4.78 is 0. The van der Waals surface area contributed by atoms with Crippen molar-refractivity contribution in [1.82, 2.24) is 15.3 Å². The second-order valence-corrected chi connectivity index (χ2v) is 8.74. The van der Waals surface area contributed by atoms with Crippen molar-refractivity contribution < 1.29 is 4.79 Å². The SMILES string of the molecule is O=C(Nc1ccccc1)Nc1ccc(CCNc2ncnc3sc4c(c23)CCNC4)cc1. The number of carbonyl (C=O) groups excluding carboxylic acids is 1. The monoisotopic (exact) mass is 444 g/mol. The fraction of sp³-hybridized carbons (Fsp3) is 0.208. The maximum absolute atomic E-state index is 12.1. The van der Waals surface area contributed by atoms with Gasteiger partial charge in [0, 0.05) is 29.3 Å². The molecule has 0 atom stereocenters. The van der Waals surface area contributed by atoms with Crippen LogP contribution in [0.25, 0.3) is 10.2 Å². The van der Waals surface area contributed by atoms with Crippen LogP contribution >= 0.6 is 11.3 Å². The first-order chi connectivity index (χ1) is 15.8. The van der Waals surface area contributed by atoms with Crippen molar-refractivity contribution in [2.45, 2.75) is 19.4 Å². The molecule has 0 spiro atoms. The first-order valence-electron chi connectivity index (χ1n) is 10.7. The molecule has 1 aliphatic rings. The molecule has 0 bridgehead atoms. The average molecular weight is 445 g/mol. The maximum atomic E-state index is 12.1. The zero-order valence-electron chi connectivity index (χ0n) is 17.5. The Kier molecular flexibility index (Phi) is 5.96. The summed E-state index contributed by atoms with van der Waals surface area (Å²) >= 11 is 1.76. The van der Waals surface area contributed by atoms with Crippen molar-refractivity contribution in [3.05, 3.63) is 76.9 Å². The molecule has 32 heavy (non-hydrogen) atoms. The van der Waals surface area contributed by atoms with Gasteiger partial charge in [0.2, 0.25) is 0 Å². The van der Waals surface area contributed by atoms with Crippen LogP contribution in [0.15, 0.2) is 60.9 Å². The molecule has 0 fully saturated rings. The van der Waals surface area contributed by atoms with E-state index in [1.54, 1.807) is 17.7 Å². The second kappa shape index (κ2) is 9.33. The molecule has 2 aromatic carbocycles. The molecule has 2 aromatic heterocycles. The molecule has 162 valence electrons. The molecule has 3 heterocycles. The predicted molar refractivity (Wildman–Crippen MR) is 131 cm³/mol. The minimum atomic E-state index is -0.257. The predicted octanol–water partition coefficient (Wildman–Crippen LogP) is 4.64. The highest BCUT2D eigenvalue weighted by Gasteiger charge is 2.19. The first kappa shape index (κ1) is 20.4. The fourth-order valence-corrected chi connectivity index (χ4v) is 5.04. The van der Waals surface area contributed by atoms with Gasteiger partial charge in [0.05, 0.1) is 5.39 Å². The lowest BCUT2D eigenvalue weighted by molar-refractivity contribution is 0.262. The number of thiophene rings is 1. The number of carbonyl (C=O) groups is 1. The third-order valence-corrected chi connectivity index (χ3v) is 6.60. The van der Waals surface area contributed by atoms with E-state index >= 15 is 0 Å². The molecule has 0 radical (unpaired) electrons. The van der Waals surface area contributed by atoms with Crippen molar-refractivity contribution in [2.24, 2.45) is 0 Å². The number of nitrogens with zero attached hydrogens (tertiary/aromatic N) is 2. The number of amides is 2. The van der Waals surface area contributed by atoms with E-state index in [9.17, 15) is 4.79 Å². The molecular weight excluding hydrogens is 420 g/mol. The maximum Gasteiger partial charge on any atom is 0.323 e. The summed E-state index contributed by atoms with van der Waals surface area (Å²) in [5, 5.41) is 13.8. The van der Waals surface area contributed by atoms with Crippen LogP contribution in [-0.2, 0) is 19.4 Å². The molecule has 0 aliphatic carbocycles. The van der Waals surface area contributed by atoms with Gasteiger partial charge in [-0.3, -0.25) is 0 Å². The summed E-state index contributed by atoms with van der Waals surface area (Å²) in [6.45, 7) is 2.69. The van der Waals surface area contributed by atoms with E-state index in [-0.39, 0.29) is 6.03 Å².